The van der Waals surface area contributed by atoms with Crippen molar-refractivity contribution in [1.82, 2.24) is 14.1 Å². The molecule has 0 aliphatic carbocycles. The standard InChI is InChI=1S/C13H16N4O4/c1-3-6-21-8-4-5-15-11-10(8)12(19)17(7-9(14)18)13(20)16(11)2/h4-5H,3,6-7H2,1-2H3,(H2,14,18). The van der Waals surface area contributed by atoms with Crippen LogP contribution in [0.15, 0.2) is 21.9 Å². The fraction of sp³-hybridized carbons (Fsp3) is 0.385. The highest BCUT2D eigenvalue weighted by atomic mass is 16.5. The molecule has 0 fully saturated rings. The number of carbonyl (C=O) groups excluding carboxylic acids is 1. The molecule has 0 aromatic carbocycles. The number of carbonyl (C=O) groups is 1. The molecule has 0 unspecified atom stereocenters. The van der Waals surface area contributed by atoms with Crippen LogP contribution in [0.3, 0.4) is 0 Å². The first-order valence-corrected chi connectivity index (χ1v) is 6.47. The molecular formula is C13H16N4O4. The summed E-state index contributed by atoms with van der Waals surface area (Å²) in [5.41, 5.74) is 4.01. The maximum atomic E-state index is 12.4. The first kappa shape index (κ1) is 14.8. The van der Waals surface area contributed by atoms with E-state index in [1.54, 1.807) is 6.07 Å². The number of fused-ring (bicyclic) bond motifs is 1. The molecule has 0 radical (unpaired) electrons. The molecule has 2 aromatic rings. The van der Waals surface area contributed by atoms with Gasteiger partial charge < -0.3 is 10.5 Å². The van der Waals surface area contributed by atoms with E-state index in [1.165, 1.54) is 17.8 Å². The van der Waals surface area contributed by atoms with E-state index in [4.69, 9.17) is 10.5 Å². The summed E-state index contributed by atoms with van der Waals surface area (Å²) < 4.78 is 7.50. The van der Waals surface area contributed by atoms with Gasteiger partial charge in [-0.1, -0.05) is 6.92 Å². The molecule has 2 N–H and O–H groups in total. The van der Waals surface area contributed by atoms with Crippen LogP contribution < -0.4 is 21.7 Å². The number of hydrogen-bond acceptors (Lipinski definition) is 5. The molecule has 2 heterocycles. The number of pyridine rings is 1. The van der Waals surface area contributed by atoms with Gasteiger partial charge in [0.15, 0.2) is 5.65 Å². The van der Waals surface area contributed by atoms with Gasteiger partial charge in [0, 0.05) is 13.2 Å². The predicted octanol–water partition coefficient (Wildman–Crippen LogP) is -0.631. The van der Waals surface area contributed by atoms with Gasteiger partial charge in [0.1, 0.15) is 17.7 Å². The summed E-state index contributed by atoms with van der Waals surface area (Å²) >= 11 is 0. The minimum absolute atomic E-state index is 0.161. The lowest BCUT2D eigenvalue weighted by molar-refractivity contribution is -0.118. The molecule has 112 valence electrons. The lowest BCUT2D eigenvalue weighted by atomic mass is 10.3. The molecule has 0 aliphatic heterocycles. The Balaban J connectivity index is 2.81. The highest BCUT2D eigenvalue weighted by Gasteiger charge is 2.17. The zero-order valence-corrected chi connectivity index (χ0v) is 11.8. The molecule has 0 aliphatic rings. The van der Waals surface area contributed by atoms with E-state index in [-0.39, 0.29) is 11.0 Å². The normalized spacial score (nSPS) is 10.8. The number of rotatable bonds is 5. The second kappa shape index (κ2) is 5.78. The van der Waals surface area contributed by atoms with E-state index >= 15 is 0 Å². The summed E-state index contributed by atoms with van der Waals surface area (Å²) in [6.45, 7) is 1.88. The Bertz CT molecular complexity index is 806. The van der Waals surface area contributed by atoms with Crippen molar-refractivity contribution in [3.63, 3.8) is 0 Å². The molecule has 0 bridgehead atoms. The zero-order chi connectivity index (χ0) is 15.6. The summed E-state index contributed by atoms with van der Waals surface area (Å²) in [4.78, 5) is 39.6. The van der Waals surface area contributed by atoms with Gasteiger partial charge >= 0.3 is 5.69 Å². The average Bonchev–Trinajstić information content (AvgIpc) is 2.46. The van der Waals surface area contributed by atoms with E-state index in [2.05, 4.69) is 4.98 Å². The van der Waals surface area contributed by atoms with Crippen molar-refractivity contribution < 1.29 is 9.53 Å². The number of primary amides is 1. The molecule has 0 spiro atoms. The summed E-state index contributed by atoms with van der Waals surface area (Å²) in [6.07, 6.45) is 2.23. The monoisotopic (exact) mass is 292 g/mol. The van der Waals surface area contributed by atoms with Crippen LogP contribution in [-0.4, -0.2) is 26.6 Å². The lowest BCUT2D eigenvalue weighted by Crippen LogP contribution is -2.42. The minimum atomic E-state index is -0.770. The zero-order valence-electron chi connectivity index (χ0n) is 11.8. The van der Waals surface area contributed by atoms with Crippen LogP contribution >= 0.6 is 0 Å². The third kappa shape index (κ3) is 2.64. The van der Waals surface area contributed by atoms with Crippen LogP contribution in [-0.2, 0) is 18.4 Å². The van der Waals surface area contributed by atoms with Crippen LogP contribution in [0.5, 0.6) is 5.75 Å². The average molecular weight is 292 g/mol. The van der Waals surface area contributed by atoms with Gasteiger partial charge in [0.05, 0.1) is 6.61 Å². The SMILES string of the molecule is CCCOc1ccnc2c1c(=O)n(CC(N)=O)c(=O)n2C. The van der Waals surface area contributed by atoms with Crippen molar-refractivity contribution in [2.45, 2.75) is 19.9 Å². The van der Waals surface area contributed by atoms with Crippen LogP contribution in [0.2, 0.25) is 0 Å². The second-order valence-electron chi connectivity index (χ2n) is 4.56. The quantitative estimate of drug-likeness (QED) is 0.789. The Morgan fingerprint density at radius 1 is 1.43 bits per heavy atom. The maximum Gasteiger partial charge on any atom is 0.332 e. The van der Waals surface area contributed by atoms with Crippen LogP contribution in [0.25, 0.3) is 11.0 Å². The molecule has 1 amide bonds. The molecule has 2 aromatic heterocycles. The van der Waals surface area contributed by atoms with Gasteiger partial charge in [-0.3, -0.25) is 14.2 Å². The number of ether oxygens (including phenoxy) is 1. The summed E-state index contributed by atoms with van der Waals surface area (Å²) in [5, 5.41) is 0.161. The Morgan fingerprint density at radius 2 is 2.14 bits per heavy atom. The predicted molar refractivity (Wildman–Crippen MR) is 76.2 cm³/mol. The second-order valence-corrected chi connectivity index (χ2v) is 4.56. The van der Waals surface area contributed by atoms with E-state index in [1.807, 2.05) is 6.92 Å². The van der Waals surface area contributed by atoms with Crippen molar-refractivity contribution >= 4 is 16.9 Å². The third-order valence-corrected chi connectivity index (χ3v) is 2.96. The van der Waals surface area contributed by atoms with E-state index in [0.717, 1.165) is 11.0 Å². The number of aromatic nitrogens is 3. The van der Waals surface area contributed by atoms with Crippen molar-refractivity contribution in [2.24, 2.45) is 12.8 Å². The Kier molecular flexibility index (Phi) is 4.06. The van der Waals surface area contributed by atoms with Gasteiger partial charge in [-0.05, 0) is 12.5 Å². The summed E-state index contributed by atoms with van der Waals surface area (Å²) in [5.74, 6) is -0.436. The number of hydrogen-bond donors (Lipinski definition) is 1. The number of aryl methyl sites for hydroxylation is 1. The maximum absolute atomic E-state index is 12.4. The summed E-state index contributed by atoms with van der Waals surface area (Å²) in [7, 11) is 1.47. The van der Waals surface area contributed by atoms with Crippen LogP contribution in [0, 0.1) is 0 Å². The molecular weight excluding hydrogens is 276 g/mol. The molecule has 8 heteroatoms. The van der Waals surface area contributed by atoms with Crippen molar-refractivity contribution in [2.75, 3.05) is 6.61 Å². The number of nitrogens with two attached hydrogens (primary N) is 1. The molecule has 0 saturated carbocycles. The fourth-order valence-corrected chi connectivity index (χ4v) is 2.01. The van der Waals surface area contributed by atoms with Gasteiger partial charge in [0.2, 0.25) is 5.91 Å². The first-order valence-electron chi connectivity index (χ1n) is 6.47. The molecule has 0 atom stereocenters. The van der Waals surface area contributed by atoms with E-state index < -0.39 is 23.7 Å². The van der Waals surface area contributed by atoms with E-state index in [9.17, 15) is 14.4 Å². The van der Waals surface area contributed by atoms with Gasteiger partial charge in [-0.2, -0.15) is 0 Å². The molecule has 2 rings (SSSR count). The fourth-order valence-electron chi connectivity index (χ4n) is 2.01. The third-order valence-electron chi connectivity index (χ3n) is 2.96. The Morgan fingerprint density at radius 3 is 2.76 bits per heavy atom. The number of nitrogens with zero attached hydrogens (tertiary/aromatic N) is 3. The van der Waals surface area contributed by atoms with Crippen molar-refractivity contribution in [3.8, 4) is 5.75 Å². The van der Waals surface area contributed by atoms with Gasteiger partial charge in [0.25, 0.3) is 5.56 Å². The van der Waals surface area contributed by atoms with Crippen LogP contribution in [0.1, 0.15) is 13.3 Å². The van der Waals surface area contributed by atoms with Gasteiger partial charge in [-0.15, -0.1) is 0 Å². The minimum Gasteiger partial charge on any atom is -0.493 e. The van der Waals surface area contributed by atoms with Crippen molar-refractivity contribution in [1.29, 1.82) is 0 Å². The first-order chi connectivity index (χ1) is 9.97. The smallest absolute Gasteiger partial charge is 0.332 e. The lowest BCUT2D eigenvalue weighted by Gasteiger charge is -2.12. The Labute approximate surface area is 119 Å². The molecule has 21 heavy (non-hydrogen) atoms. The molecule has 0 saturated heterocycles. The van der Waals surface area contributed by atoms with E-state index in [0.29, 0.717) is 12.4 Å². The summed E-state index contributed by atoms with van der Waals surface area (Å²) in [6, 6.07) is 1.55. The topological polar surface area (TPSA) is 109 Å². The highest BCUT2D eigenvalue weighted by molar-refractivity contribution is 5.81. The van der Waals surface area contributed by atoms with Crippen molar-refractivity contribution in [3.05, 3.63) is 33.1 Å². The highest BCUT2D eigenvalue weighted by Crippen LogP contribution is 2.19. The largest absolute Gasteiger partial charge is 0.493 e. The Hall–Kier alpha value is -2.64. The number of amides is 1. The van der Waals surface area contributed by atoms with Gasteiger partial charge in [-0.25, -0.2) is 14.3 Å². The van der Waals surface area contributed by atoms with Crippen LogP contribution in [0.4, 0.5) is 0 Å². The molecule has 8 nitrogen and oxygen atoms in total.